The lowest BCUT2D eigenvalue weighted by Gasteiger charge is -2.25. The van der Waals surface area contributed by atoms with Gasteiger partial charge in [-0.05, 0) is 19.3 Å². The molecule has 10 heavy (non-hydrogen) atoms. The van der Waals surface area contributed by atoms with Gasteiger partial charge < -0.3 is 10.1 Å². The van der Waals surface area contributed by atoms with Gasteiger partial charge in [0.1, 0.15) is 6.73 Å². The summed E-state index contributed by atoms with van der Waals surface area (Å²) < 4.78 is 5.34. The fraction of sp³-hybridized carbons (Fsp3) is 0.857. The highest BCUT2D eigenvalue weighted by Gasteiger charge is 2.36. The highest BCUT2D eigenvalue weighted by molar-refractivity contribution is 5.79. The maximum absolute atomic E-state index is 11.1. The van der Waals surface area contributed by atoms with Gasteiger partial charge in [0.2, 0.25) is 5.91 Å². The van der Waals surface area contributed by atoms with Crippen molar-refractivity contribution < 1.29 is 9.53 Å². The third-order valence-electron chi connectivity index (χ3n) is 2.33. The maximum atomic E-state index is 11.1. The molecule has 1 amide bonds. The number of hydrogen-bond acceptors (Lipinski definition) is 2. The van der Waals surface area contributed by atoms with Crippen LogP contribution in [-0.2, 0) is 9.53 Å². The quantitative estimate of drug-likeness (QED) is 0.525. The fourth-order valence-corrected chi connectivity index (χ4v) is 1.78. The SMILES string of the molecule is O=C1NCOC2CCCC12. The highest BCUT2D eigenvalue weighted by Crippen LogP contribution is 2.29. The molecule has 0 aromatic heterocycles. The molecule has 1 saturated carbocycles. The molecule has 3 heteroatoms. The van der Waals surface area contributed by atoms with Gasteiger partial charge in [-0.25, -0.2) is 0 Å². The minimum Gasteiger partial charge on any atom is -0.357 e. The van der Waals surface area contributed by atoms with E-state index in [1.54, 1.807) is 0 Å². The van der Waals surface area contributed by atoms with Crippen LogP contribution in [0.4, 0.5) is 0 Å². The van der Waals surface area contributed by atoms with Gasteiger partial charge in [-0.2, -0.15) is 0 Å². The monoisotopic (exact) mass is 141 g/mol. The lowest BCUT2D eigenvalue weighted by Crippen LogP contribution is -2.43. The maximum Gasteiger partial charge on any atom is 0.227 e. The van der Waals surface area contributed by atoms with Crippen LogP contribution in [0.3, 0.4) is 0 Å². The van der Waals surface area contributed by atoms with Crippen molar-refractivity contribution in [2.45, 2.75) is 25.4 Å². The summed E-state index contributed by atoms with van der Waals surface area (Å²) >= 11 is 0. The average molecular weight is 141 g/mol. The topological polar surface area (TPSA) is 38.3 Å². The molecule has 0 bridgehead atoms. The molecule has 1 saturated heterocycles. The summed E-state index contributed by atoms with van der Waals surface area (Å²) in [6.45, 7) is 0.417. The van der Waals surface area contributed by atoms with Crippen molar-refractivity contribution >= 4 is 5.91 Å². The minimum absolute atomic E-state index is 0.161. The molecule has 0 radical (unpaired) electrons. The summed E-state index contributed by atoms with van der Waals surface area (Å²) in [5.74, 6) is 0.350. The number of nitrogens with one attached hydrogen (secondary N) is 1. The van der Waals surface area contributed by atoms with Crippen LogP contribution < -0.4 is 5.32 Å². The van der Waals surface area contributed by atoms with Gasteiger partial charge in [0.05, 0.1) is 12.0 Å². The second-order valence-electron chi connectivity index (χ2n) is 2.93. The molecular formula is C7H11NO2. The van der Waals surface area contributed by atoms with Gasteiger partial charge in [-0.3, -0.25) is 4.79 Å². The van der Waals surface area contributed by atoms with E-state index in [0.29, 0.717) is 6.73 Å². The molecule has 2 unspecified atom stereocenters. The normalized spacial score (nSPS) is 39.0. The van der Waals surface area contributed by atoms with E-state index in [-0.39, 0.29) is 17.9 Å². The van der Waals surface area contributed by atoms with Gasteiger partial charge in [0, 0.05) is 0 Å². The molecule has 56 valence electrons. The zero-order chi connectivity index (χ0) is 6.97. The zero-order valence-electron chi connectivity index (χ0n) is 5.80. The number of fused-ring (bicyclic) bond motifs is 1. The van der Waals surface area contributed by atoms with E-state index in [1.807, 2.05) is 0 Å². The van der Waals surface area contributed by atoms with Crippen LogP contribution in [0.1, 0.15) is 19.3 Å². The lowest BCUT2D eigenvalue weighted by molar-refractivity contribution is -0.139. The van der Waals surface area contributed by atoms with E-state index in [2.05, 4.69) is 5.32 Å². The van der Waals surface area contributed by atoms with Crippen molar-refractivity contribution in [3.8, 4) is 0 Å². The van der Waals surface area contributed by atoms with Crippen molar-refractivity contribution in [2.24, 2.45) is 5.92 Å². The van der Waals surface area contributed by atoms with E-state index in [0.717, 1.165) is 19.3 Å². The molecule has 2 fully saturated rings. The number of carbonyl (C=O) groups is 1. The van der Waals surface area contributed by atoms with E-state index in [1.165, 1.54) is 0 Å². The van der Waals surface area contributed by atoms with Crippen LogP contribution in [0.5, 0.6) is 0 Å². The second-order valence-corrected chi connectivity index (χ2v) is 2.93. The molecule has 2 rings (SSSR count). The summed E-state index contributed by atoms with van der Waals surface area (Å²) in [4.78, 5) is 11.1. The summed E-state index contributed by atoms with van der Waals surface area (Å²) in [5.41, 5.74) is 0. The number of rotatable bonds is 0. The molecule has 1 aliphatic heterocycles. The zero-order valence-corrected chi connectivity index (χ0v) is 5.80. The smallest absolute Gasteiger partial charge is 0.227 e. The Labute approximate surface area is 59.7 Å². The van der Waals surface area contributed by atoms with Gasteiger partial charge >= 0.3 is 0 Å². The summed E-state index contributed by atoms with van der Waals surface area (Å²) in [6, 6.07) is 0. The Hall–Kier alpha value is -0.570. The predicted molar refractivity (Wildman–Crippen MR) is 35.2 cm³/mol. The Morgan fingerprint density at radius 2 is 2.40 bits per heavy atom. The molecule has 0 aromatic carbocycles. The third-order valence-corrected chi connectivity index (χ3v) is 2.33. The standard InChI is InChI=1S/C7H11NO2/c9-7-5-2-1-3-6(5)10-4-8-7/h5-6H,1-4H2,(H,8,9). The second kappa shape index (κ2) is 2.23. The van der Waals surface area contributed by atoms with Crippen LogP contribution in [0.15, 0.2) is 0 Å². The summed E-state index contributed by atoms with van der Waals surface area (Å²) in [6.07, 6.45) is 3.45. The highest BCUT2D eigenvalue weighted by atomic mass is 16.5. The van der Waals surface area contributed by atoms with Gasteiger partial charge in [0.15, 0.2) is 0 Å². The van der Waals surface area contributed by atoms with Crippen molar-refractivity contribution in [3.05, 3.63) is 0 Å². The molecule has 1 aliphatic carbocycles. The van der Waals surface area contributed by atoms with E-state index in [9.17, 15) is 4.79 Å². The van der Waals surface area contributed by atoms with Gasteiger partial charge in [0.25, 0.3) is 0 Å². The molecular weight excluding hydrogens is 130 g/mol. The summed E-state index contributed by atoms with van der Waals surface area (Å²) in [7, 11) is 0. The molecule has 2 aliphatic rings. The van der Waals surface area contributed by atoms with Crippen molar-refractivity contribution in [2.75, 3.05) is 6.73 Å². The first-order valence-corrected chi connectivity index (χ1v) is 3.77. The number of amides is 1. The largest absolute Gasteiger partial charge is 0.357 e. The molecule has 3 nitrogen and oxygen atoms in total. The average Bonchev–Trinajstić information content (AvgIpc) is 2.36. The van der Waals surface area contributed by atoms with E-state index >= 15 is 0 Å². The minimum atomic E-state index is 0.161. The Morgan fingerprint density at radius 3 is 3.20 bits per heavy atom. The van der Waals surface area contributed by atoms with Crippen LogP contribution >= 0.6 is 0 Å². The van der Waals surface area contributed by atoms with Gasteiger partial charge in [-0.1, -0.05) is 0 Å². The summed E-state index contributed by atoms with van der Waals surface area (Å²) in [5, 5.41) is 2.69. The first kappa shape index (κ1) is 6.16. The first-order valence-electron chi connectivity index (χ1n) is 3.77. The number of hydrogen-bond donors (Lipinski definition) is 1. The van der Waals surface area contributed by atoms with Crippen LogP contribution in [-0.4, -0.2) is 18.7 Å². The van der Waals surface area contributed by atoms with Crippen molar-refractivity contribution in [3.63, 3.8) is 0 Å². The van der Waals surface area contributed by atoms with Gasteiger partial charge in [-0.15, -0.1) is 0 Å². The fourth-order valence-electron chi connectivity index (χ4n) is 1.78. The van der Waals surface area contributed by atoms with Crippen LogP contribution in [0.25, 0.3) is 0 Å². The van der Waals surface area contributed by atoms with Crippen molar-refractivity contribution in [1.82, 2.24) is 5.32 Å². The lowest BCUT2D eigenvalue weighted by atomic mass is 10.0. The third kappa shape index (κ3) is 0.814. The molecule has 0 spiro atoms. The Morgan fingerprint density at radius 1 is 1.50 bits per heavy atom. The Balaban J connectivity index is 2.10. The molecule has 0 aromatic rings. The van der Waals surface area contributed by atoms with Crippen molar-refractivity contribution in [1.29, 1.82) is 0 Å². The molecule has 2 atom stereocenters. The van der Waals surface area contributed by atoms with Crippen LogP contribution in [0.2, 0.25) is 0 Å². The molecule has 1 heterocycles. The molecule has 1 N–H and O–H groups in total. The van der Waals surface area contributed by atoms with E-state index in [4.69, 9.17) is 4.74 Å². The Kier molecular flexibility index (Phi) is 1.38. The van der Waals surface area contributed by atoms with E-state index < -0.39 is 0 Å². The number of ether oxygens (including phenoxy) is 1. The first-order chi connectivity index (χ1) is 4.88. The number of carbonyl (C=O) groups excluding carboxylic acids is 1. The van der Waals surface area contributed by atoms with Crippen LogP contribution in [0, 0.1) is 5.92 Å². The predicted octanol–water partition coefficient (Wildman–Crippen LogP) is 0.259. The Bertz CT molecular complexity index is 158.